The summed E-state index contributed by atoms with van der Waals surface area (Å²) in [5.41, 5.74) is 4.37. The highest BCUT2D eigenvalue weighted by atomic mass is 35.5. The fourth-order valence-electron chi connectivity index (χ4n) is 2.56. The standard InChI is InChI=1S/C19H16Cl2N4O3S2/c1-11-12(8-22-23-18(28)16-6-3-7-29-16)19(30-10-17(26)27)25(24-11)9-13-14(20)4-2-5-15(13)21/h2-8H,9-10H2,1H3,(H,23,28)(H,26,27)/b22-8-. The number of aryl methyl sites for hydroxylation is 1. The predicted octanol–water partition coefficient (Wildman–Crippen LogP) is 4.55. The summed E-state index contributed by atoms with van der Waals surface area (Å²) in [5.74, 6) is -1.45. The fourth-order valence-corrected chi connectivity index (χ4v) is 4.56. The highest BCUT2D eigenvalue weighted by Crippen LogP contribution is 2.29. The van der Waals surface area contributed by atoms with Gasteiger partial charge in [-0.2, -0.15) is 10.2 Å². The summed E-state index contributed by atoms with van der Waals surface area (Å²) >= 11 is 15.0. The number of benzene rings is 1. The Morgan fingerprint density at radius 3 is 2.67 bits per heavy atom. The molecule has 1 aromatic carbocycles. The molecule has 0 aliphatic carbocycles. The van der Waals surface area contributed by atoms with Crippen LogP contribution < -0.4 is 5.43 Å². The Labute approximate surface area is 190 Å². The van der Waals surface area contributed by atoms with E-state index in [1.807, 2.05) is 0 Å². The summed E-state index contributed by atoms with van der Waals surface area (Å²) in [6, 6.07) is 8.67. The Hall–Kier alpha value is -2.33. The van der Waals surface area contributed by atoms with Crippen molar-refractivity contribution in [3.05, 3.63) is 67.5 Å². The van der Waals surface area contributed by atoms with Crippen LogP contribution in [0.25, 0.3) is 0 Å². The predicted molar refractivity (Wildman–Crippen MR) is 120 cm³/mol. The first-order chi connectivity index (χ1) is 14.4. The second kappa shape index (κ2) is 10.1. The van der Waals surface area contributed by atoms with Crippen LogP contribution in [0, 0.1) is 6.92 Å². The molecule has 30 heavy (non-hydrogen) atoms. The van der Waals surface area contributed by atoms with Gasteiger partial charge in [-0.3, -0.25) is 14.3 Å². The maximum absolute atomic E-state index is 12.1. The maximum atomic E-state index is 12.1. The number of thiophene rings is 1. The average molecular weight is 483 g/mol. The van der Waals surface area contributed by atoms with Crippen molar-refractivity contribution in [3.8, 4) is 0 Å². The second-order valence-electron chi connectivity index (χ2n) is 6.02. The number of nitrogens with zero attached hydrogens (tertiary/aromatic N) is 3. The van der Waals surface area contributed by atoms with Gasteiger partial charge in [0.1, 0.15) is 5.03 Å². The van der Waals surface area contributed by atoms with Crippen molar-refractivity contribution in [1.82, 2.24) is 15.2 Å². The maximum Gasteiger partial charge on any atom is 0.313 e. The number of amides is 1. The van der Waals surface area contributed by atoms with Gasteiger partial charge < -0.3 is 5.11 Å². The van der Waals surface area contributed by atoms with E-state index in [1.54, 1.807) is 47.3 Å². The normalized spacial score (nSPS) is 11.2. The molecule has 0 atom stereocenters. The van der Waals surface area contributed by atoms with Crippen LogP contribution >= 0.6 is 46.3 Å². The zero-order valence-electron chi connectivity index (χ0n) is 15.6. The van der Waals surface area contributed by atoms with Crippen molar-refractivity contribution < 1.29 is 14.7 Å². The lowest BCUT2D eigenvalue weighted by atomic mass is 10.2. The van der Waals surface area contributed by atoms with Crippen molar-refractivity contribution >= 4 is 64.4 Å². The largest absolute Gasteiger partial charge is 0.481 e. The van der Waals surface area contributed by atoms with Crippen molar-refractivity contribution in [2.75, 3.05) is 5.75 Å². The molecular formula is C19H16Cl2N4O3S2. The molecule has 0 bridgehead atoms. The van der Waals surface area contributed by atoms with E-state index in [1.165, 1.54) is 17.6 Å². The van der Waals surface area contributed by atoms with Gasteiger partial charge in [-0.1, -0.05) is 47.1 Å². The van der Waals surface area contributed by atoms with Crippen molar-refractivity contribution in [2.45, 2.75) is 18.5 Å². The number of rotatable bonds is 8. The average Bonchev–Trinajstić information content (AvgIpc) is 3.32. The lowest BCUT2D eigenvalue weighted by Crippen LogP contribution is -2.16. The zero-order chi connectivity index (χ0) is 21.7. The number of carbonyl (C=O) groups excluding carboxylic acids is 1. The number of hydrazone groups is 1. The summed E-state index contributed by atoms with van der Waals surface area (Å²) in [4.78, 5) is 23.7. The van der Waals surface area contributed by atoms with Gasteiger partial charge in [0, 0.05) is 21.2 Å². The number of aromatic nitrogens is 2. The number of carboxylic acids is 1. The fraction of sp³-hybridized carbons (Fsp3) is 0.158. The van der Waals surface area contributed by atoms with Crippen LogP contribution in [-0.2, 0) is 11.3 Å². The monoisotopic (exact) mass is 482 g/mol. The third kappa shape index (κ3) is 5.42. The number of hydrogen-bond donors (Lipinski definition) is 2. The molecule has 0 aliphatic rings. The Morgan fingerprint density at radius 2 is 2.03 bits per heavy atom. The van der Waals surface area contributed by atoms with Gasteiger partial charge >= 0.3 is 5.97 Å². The lowest BCUT2D eigenvalue weighted by molar-refractivity contribution is -0.133. The topological polar surface area (TPSA) is 96.6 Å². The molecule has 11 heteroatoms. The van der Waals surface area contributed by atoms with E-state index < -0.39 is 5.97 Å². The first-order valence-electron chi connectivity index (χ1n) is 8.58. The van der Waals surface area contributed by atoms with Gasteiger partial charge in [0.05, 0.1) is 29.1 Å². The van der Waals surface area contributed by atoms with Crippen molar-refractivity contribution in [1.29, 1.82) is 0 Å². The molecule has 0 aliphatic heterocycles. The van der Waals surface area contributed by atoms with Crippen LogP contribution in [0.2, 0.25) is 10.0 Å². The summed E-state index contributed by atoms with van der Waals surface area (Å²) in [5, 5.41) is 21.0. The van der Waals surface area contributed by atoms with Gasteiger partial charge in [0.2, 0.25) is 0 Å². The molecule has 0 unspecified atom stereocenters. The first-order valence-corrected chi connectivity index (χ1v) is 11.2. The number of nitrogens with one attached hydrogen (secondary N) is 1. The smallest absolute Gasteiger partial charge is 0.313 e. The summed E-state index contributed by atoms with van der Waals surface area (Å²) in [6.45, 7) is 2.04. The molecule has 1 amide bonds. The number of halogens is 2. The van der Waals surface area contributed by atoms with E-state index in [-0.39, 0.29) is 18.2 Å². The molecule has 0 saturated carbocycles. The molecular weight excluding hydrogens is 467 g/mol. The lowest BCUT2D eigenvalue weighted by Gasteiger charge is -2.10. The SMILES string of the molecule is Cc1nn(Cc2c(Cl)cccc2Cl)c(SCC(=O)O)c1/C=N\NC(=O)c1cccs1. The van der Waals surface area contributed by atoms with E-state index in [0.717, 1.165) is 11.8 Å². The van der Waals surface area contributed by atoms with E-state index in [0.29, 0.717) is 36.8 Å². The van der Waals surface area contributed by atoms with Gasteiger partial charge in [0.15, 0.2) is 0 Å². The Kier molecular flexibility index (Phi) is 7.54. The van der Waals surface area contributed by atoms with E-state index in [9.17, 15) is 9.59 Å². The van der Waals surface area contributed by atoms with Gasteiger partial charge in [-0.05, 0) is 30.5 Å². The van der Waals surface area contributed by atoms with E-state index >= 15 is 0 Å². The van der Waals surface area contributed by atoms with Gasteiger partial charge in [-0.25, -0.2) is 5.43 Å². The summed E-state index contributed by atoms with van der Waals surface area (Å²) in [6.07, 6.45) is 1.46. The van der Waals surface area contributed by atoms with Crippen molar-refractivity contribution in [3.63, 3.8) is 0 Å². The molecule has 0 spiro atoms. The van der Waals surface area contributed by atoms with Crippen LogP contribution in [-0.4, -0.2) is 38.7 Å². The molecule has 7 nitrogen and oxygen atoms in total. The number of aliphatic carboxylic acids is 1. The molecule has 2 heterocycles. The number of carbonyl (C=O) groups is 2. The molecule has 3 rings (SSSR count). The third-order valence-corrected chi connectivity index (χ3v) is 6.60. The molecule has 0 saturated heterocycles. The molecule has 0 fully saturated rings. The van der Waals surface area contributed by atoms with Crippen LogP contribution in [0.15, 0.2) is 45.8 Å². The Bertz CT molecular complexity index is 1080. The summed E-state index contributed by atoms with van der Waals surface area (Å²) < 4.78 is 1.64. The van der Waals surface area contributed by atoms with E-state index in [2.05, 4.69) is 15.6 Å². The molecule has 2 N–H and O–H groups in total. The second-order valence-corrected chi connectivity index (χ2v) is 8.75. The highest BCUT2D eigenvalue weighted by molar-refractivity contribution is 8.00. The van der Waals surface area contributed by atoms with Crippen LogP contribution in [0.5, 0.6) is 0 Å². The molecule has 0 radical (unpaired) electrons. The minimum Gasteiger partial charge on any atom is -0.481 e. The van der Waals surface area contributed by atoms with E-state index in [4.69, 9.17) is 28.3 Å². The molecule has 3 aromatic rings. The zero-order valence-corrected chi connectivity index (χ0v) is 18.8. The molecule has 156 valence electrons. The highest BCUT2D eigenvalue weighted by Gasteiger charge is 2.18. The first kappa shape index (κ1) is 22.4. The number of carboxylic acid groups (broad SMARTS) is 1. The minimum absolute atomic E-state index is 0.163. The minimum atomic E-state index is -0.963. The van der Waals surface area contributed by atoms with Gasteiger partial charge in [-0.15, -0.1) is 11.3 Å². The van der Waals surface area contributed by atoms with Crippen LogP contribution in [0.1, 0.15) is 26.5 Å². The van der Waals surface area contributed by atoms with Crippen LogP contribution in [0.4, 0.5) is 0 Å². The Morgan fingerprint density at radius 1 is 1.30 bits per heavy atom. The number of thioether (sulfide) groups is 1. The van der Waals surface area contributed by atoms with Gasteiger partial charge in [0.25, 0.3) is 5.91 Å². The third-order valence-electron chi connectivity index (χ3n) is 3.93. The molecule has 2 aromatic heterocycles. The van der Waals surface area contributed by atoms with Crippen LogP contribution in [0.3, 0.4) is 0 Å². The quantitative estimate of drug-likeness (QED) is 0.279. The summed E-state index contributed by atoms with van der Waals surface area (Å²) in [7, 11) is 0. The Balaban J connectivity index is 1.89. The van der Waals surface area contributed by atoms with Crippen molar-refractivity contribution in [2.24, 2.45) is 5.10 Å². The number of hydrogen-bond acceptors (Lipinski definition) is 6.